The van der Waals surface area contributed by atoms with Gasteiger partial charge in [0, 0.05) is 32.3 Å². The van der Waals surface area contributed by atoms with Gasteiger partial charge in [-0.25, -0.2) is 0 Å². The molecule has 0 radical (unpaired) electrons. The second-order valence-electron chi connectivity index (χ2n) is 5.68. The molecule has 1 unspecified atom stereocenters. The monoisotopic (exact) mass is 276 g/mol. The zero-order chi connectivity index (χ0) is 14.2. The van der Waals surface area contributed by atoms with Crippen LogP contribution in [0.4, 0.5) is 0 Å². The number of nitrogens with zero attached hydrogens (tertiary/aromatic N) is 1. The van der Waals surface area contributed by atoms with Crippen molar-refractivity contribution in [3.63, 3.8) is 0 Å². The molecule has 3 nitrogen and oxygen atoms in total. The zero-order valence-electron chi connectivity index (χ0n) is 12.9. The Balaban J connectivity index is 2.00. The first-order valence-electron chi connectivity index (χ1n) is 7.89. The lowest BCUT2D eigenvalue weighted by Gasteiger charge is -2.27. The topological polar surface area (TPSA) is 24.5 Å². The molecule has 0 spiro atoms. The predicted octanol–water partition coefficient (Wildman–Crippen LogP) is 2.76. The van der Waals surface area contributed by atoms with Crippen molar-refractivity contribution < 1.29 is 4.74 Å². The van der Waals surface area contributed by atoms with Crippen molar-refractivity contribution in [1.82, 2.24) is 10.2 Å². The smallest absolute Gasteiger partial charge is 0.0593 e. The van der Waals surface area contributed by atoms with Crippen LogP contribution in [0.2, 0.25) is 0 Å². The van der Waals surface area contributed by atoms with E-state index in [1.807, 2.05) is 0 Å². The van der Waals surface area contributed by atoms with Gasteiger partial charge in [-0.15, -0.1) is 0 Å². The maximum absolute atomic E-state index is 5.55. The summed E-state index contributed by atoms with van der Waals surface area (Å²) in [6.07, 6.45) is 2.32. The molecule has 2 rings (SSSR count). The van der Waals surface area contributed by atoms with Crippen molar-refractivity contribution in [2.24, 2.45) is 0 Å². The number of aryl methyl sites for hydroxylation is 1. The van der Waals surface area contributed by atoms with Gasteiger partial charge in [0.15, 0.2) is 0 Å². The van der Waals surface area contributed by atoms with Crippen LogP contribution in [-0.2, 0) is 4.74 Å². The lowest BCUT2D eigenvalue weighted by molar-refractivity contribution is 0.139. The van der Waals surface area contributed by atoms with Gasteiger partial charge in [0.25, 0.3) is 0 Å². The molecular weight excluding hydrogens is 248 g/mol. The van der Waals surface area contributed by atoms with Gasteiger partial charge in [-0.3, -0.25) is 4.90 Å². The van der Waals surface area contributed by atoms with Gasteiger partial charge in [-0.1, -0.05) is 36.8 Å². The Morgan fingerprint density at radius 3 is 2.75 bits per heavy atom. The van der Waals surface area contributed by atoms with E-state index < -0.39 is 0 Å². The Bertz CT molecular complexity index is 369. The number of nitrogens with one attached hydrogen (secondary N) is 1. The van der Waals surface area contributed by atoms with Crippen LogP contribution in [0.1, 0.15) is 36.9 Å². The molecule has 112 valence electrons. The van der Waals surface area contributed by atoms with Crippen LogP contribution in [0, 0.1) is 6.92 Å². The highest BCUT2D eigenvalue weighted by Crippen LogP contribution is 2.16. The summed E-state index contributed by atoms with van der Waals surface area (Å²) >= 11 is 0. The number of hydrogen-bond acceptors (Lipinski definition) is 3. The van der Waals surface area contributed by atoms with Crippen LogP contribution in [0.3, 0.4) is 0 Å². The van der Waals surface area contributed by atoms with Crippen LogP contribution in [0.15, 0.2) is 24.3 Å². The summed E-state index contributed by atoms with van der Waals surface area (Å²) in [7, 11) is 0. The molecule has 1 fully saturated rings. The number of rotatable bonds is 6. The lowest BCUT2D eigenvalue weighted by Crippen LogP contribution is -2.37. The molecule has 1 N–H and O–H groups in total. The van der Waals surface area contributed by atoms with Crippen molar-refractivity contribution in [1.29, 1.82) is 0 Å². The van der Waals surface area contributed by atoms with Gasteiger partial charge in [0.1, 0.15) is 0 Å². The van der Waals surface area contributed by atoms with Crippen LogP contribution in [-0.4, -0.2) is 44.3 Å². The second-order valence-corrected chi connectivity index (χ2v) is 5.68. The first kappa shape index (κ1) is 15.5. The average Bonchev–Trinajstić information content (AvgIpc) is 2.73. The fourth-order valence-electron chi connectivity index (χ4n) is 2.64. The minimum absolute atomic E-state index is 0.425. The zero-order valence-corrected chi connectivity index (χ0v) is 12.9. The van der Waals surface area contributed by atoms with Gasteiger partial charge in [0.05, 0.1) is 6.61 Å². The molecule has 1 aliphatic heterocycles. The Labute approximate surface area is 123 Å². The molecule has 0 aliphatic carbocycles. The summed E-state index contributed by atoms with van der Waals surface area (Å²) in [6, 6.07) is 9.37. The van der Waals surface area contributed by atoms with E-state index in [4.69, 9.17) is 4.74 Å². The van der Waals surface area contributed by atoms with E-state index in [0.717, 1.165) is 45.8 Å². The van der Waals surface area contributed by atoms with Crippen molar-refractivity contribution in [2.45, 2.75) is 32.7 Å². The maximum atomic E-state index is 5.55. The first-order chi connectivity index (χ1) is 9.79. The Morgan fingerprint density at radius 2 is 2.00 bits per heavy atom. The Hall–Kier alpha value is -0.900. The van der Waals surface area contributed by atoms with Gasteiger partial charge in [0.2, 0.25) is 0 Å². The molecule has 3 heteroatoms. The van der Waals surface area contributed by atoms with Crippen molar-refractivity contribution in [2.75, 3.05) is 39.4 Å². The number of ether oxygens (including phenoxy) is 1. The summed E-state index contributed by atoms with van der Waals surface area (Å²) in [5, 5.41) is 3.69. The van der Waals surface area contributed by atoms with E-state index in [9.17, 15) is 0 Å². The van der Waals surface area contributed by atoms with Gasteiger partial charge in [-0.05, 0) is 31.9 Å². The highest BCUT2D eigenvalue weighted by molar-refractivity contribution is 5.24. The van der Waals surface area contributed by atoms with Crippen molar-refractivity contribution >= 4 is 0 Å². The third-order valence-corrected chi connectivity index (χ3v) is 3.88. The highest BCUT2D eigenvalue weighted by Gasteiger charge is 2.16. The third kappa shape index (κ3) is 4.89. The number of benzene rings is 1. The predicted molar refractivity (Wildman–Crippen MR) is 84.1 cm³/mol. The standard InChI is InChI=1S/C17H28N2O/c1-3-9-18-17(16-7-5-15(2)6-8-16)14-19-10-4-12-20-13-11-19/h5-8,17-18H,3-4,9-14H2,1-2H3. The minimum atomic E-state index is 0.425. The molecule has 1 aromatic carbocycles. The second kappa shape index (κ2) is 8.40. The molecule has 1 atom stereocenters. The molecule has 0 aromatic heterocycles. The van der Waals surface area contributed by atoms with Gasteiger partial charge < -0.3 is 10.1 Å². The summed E-state index contributed by atoms with van der Waals surface area (Å²) in [4.78, 5) is 2.53. The molecule has 0 amide bonds. The molecular formula is C17H28N2O. The lowest BCUT2D eigenvalue weighted by atomic mass is 10.0. The highest BCUT2D eigenvalue weighted by atomic mass is 16.5. The minimum Gasteiger partial charge on any atom is -0.380 e. The first-order valence-corrected chi connectivity index (χ1v) is 7.89. The Kier molecular flexibility index (Phi) is 6.51. The third-order valence-electron chi connectivity index (χ3n) is 3.88. The van der Waals surface area contributed by atoms with E-state index in [1.54, 1.807) is 0 Å². The average molecular weight is 276 g/mol. The summed E-state index contributed by atoms with van der Waals surface area (Å²) in [6.45, 7) is 10.5. The van der Waals surface area contributed by atoms with E-state index in [2.05, 4.69) is 48.3 Å². The van der Waals surface area contributed by atoms with E-state index in [0.29, 0.717) is 6.04 Å². The van der Waals surface area contributed by atoms with Gasteiger partial charge >= 0.3 is 0 Å². The van der Waals surface area contributed by atoms with Crippen LogP contribution >= 0.6 is 0 Å². The van der Waals surface area contributed by atoms with Crippen LogP contribution < -0.4 is 5.32 Å². The normalized spacial score (nSPS) is 18.7. The maximum Gasteiger partial charge on any atom is 0.0593 e. The quantitative estimate of drug-likeness (QED) is 0.864. The molecule has 0 saturated carbocycles. The van der Waals surface area contributed by atoms with Crippen LogP contribution in [0.25, 0.3) is 0 Å². The van der Waals surface area contributed by atoms with Crippen molar-refractivity contribution in [3.05, 3.63) is 35.4 Å². The SMILES string of the molecule is CCCNC(CN1CCCOCC1)c1ccc(C)cc1. The van der Waals surface area contributed by atoms with Crippen LogP contribution in [0.5, 0.6) is 0 Å². The Morgan fingerprint density at radius 1 is 1.20 bits per heavy atom. The summed E-state index contributed by atoms with van der Waals surface area (Å²) in [5.74, 6) is 0. The number of hydrogen-bond donors (Lipinski definition) is 1. The van der Waals surface area contributed by atoms with Gasteiger partial charge in [-0.2, -0.15) is 0 Å². The molecule has 1 aliphatic rings. The molecule has 0 bridgehead atoms. The fraction of sp³-hybridized carbons (Fsp3) is 0.647. The fourth-order valence-corrected chi connectivity index (χ4v) is 2.64. The summed E-state index contributed by atoms with van der Waals surface area (Å²) < 4.78 is 5.55. The molecule has 1 heterocycles. The largest absolute Gasteiger partial charge is 0.380 e. The molecule has 20 heavy (non-hydrogen) atoms. The van der Waals surface area contributed by atoms with E-state index >= 15 is 0 Å². The van der Waals surface area contributed by atoms with E-state index in [1.165, 1.54) is 17.5 Å². The molecule has 1 aromatic rings. The summed E-state index contributed by atoms with van der Waals surface area (Å²) in [5.41, 5.74) is 2.72. The van der Waals surface area contributed by atoms with Crippen molar-refractivity contribution in [3.8, 4) is 0 Å². The molecule has 1 saturated heterocycles. The van der Waals surface area contributed by atoms with E-state index in [-0.39, 0.29) is 0 Å².